The molecule has 3 nitrogen and oxygen atoms in total. The second-order valence-corrected chi connectivity index (χ2v) is 2.27. The molecule has 0 saturated carbocycles. The van der Waals surface area contributed by atoms with Gasteiger partial charge in [-0.25, -0.2) is 4.79 Å². The van der Waals surface area contributed by atoms with Crippen LogP contribution in [0.5, 0.6) is 0 Å². The summed E-state index contributed by atoms with van der Waals surface area (Å²) in [5.74, 6) is -0.228. The first-order valence-electron chi connectivity index (χ1n) is 3.72. The van der Waals surface area contributed by atoms with E-state index in [4.69, 9.17) is 4.79 Å². The van der Waals surface area contributed by atoms with Gasteiger partial charge in [-0.05, 0) is 13.0 Å². The molecule has 3 heteroatoms. The Bertz CT molecular complexity index is 262. The second kappa shape index (κ2) is 9.19. The van der Waals surface area contributed by atoms with Gasteiger partial charge in [-0.15, -0.1) is 0 Å². The minimum Gasteiger partial charge on any atom is -0.424 e. The summed E-state index contributed by atoms with van der Waals surface area (Å²) in [5.41, 5.74) is 0.866. The first-order valence-corrected chi connectivity index (χ1v) is 3.72. The van der Waals surface area contributed by atoms with Gasteiger partial charge in [-0.1, -0.05) is 31.4 Å². The average molecular weight is 194 g/mol. The Labute approximate surface area is 84.1 Å². The Morgan fingerprint density at radius 3 is 2.07 bits per heavy atom. The lowest BCUT2D eigenvalue weighted by molar-refractivity contribution is -0.133. The molecule has 0 aromatic heterocycles. The summed E-state index contributed by atoms with van der Waals surface area (Å²) < 4.78 is 4.67. The first kappa shape index (κ1) is 14.6. The maximum atomic E-state index is 10.6. The summed E-state index contributed by atoms with van der Waals surface area (Å²) in [6.45, 7) is 14.2. The number of allylic oxidation sites excluding steroid dienone is 3. The predicted molar refractivity (Wildman–Crippen MR) is 56.5 cm³/mol. The summed E-state index contributed by atoms with van der Waals surface area (Å²) in [6, 6.07) is 0. The van der Waals surface area contributed by atoms with Crippen LogP contribution >= 0.6 is 0 Å². The third-order valence-corrected chi connectivity index (χ3v) is 0.952. The topological polar surface area (TPSA) is 43.4 Å². The maximum Gasteiger partial charge on any atom is 0.335 e. The Kier molecular flexibility index (Phi) is 9.59. The highest BCUT2D eigenvalue weighted by Crippen LogP contribution is 1.99. The van der Waals surface area contributed by atoms with Crippen molar-refractivity contribution in [2.24, 2.45) is 0 Å². The molecular weight excluding hydrogens is 180 g/mol. The number of carbonyl (C=O) groups is 2. The normalized spacial score (nSPS) is 8.36. The minimum atomic E-state index is -0.508. The van der Waals surface area contributed by atoms with Crippen molar-refractivity contribution in [3.8, 4) is 0 Å². The fourth-order valence-electron chi connectivity index (χ4n) is 0.440. The van der Waals surface area contributed by atoms with Crippen LogP contribution in [0.15, 0.2) is 49.3 Å². The summed E-state index contributed by atoms with van der Waals surface area (Å²) in [4.78, 5) is 18.6. The van der Waals surface area contributed by atoms with Crippen molar-refractivity contribution < 1.29 is 14.3 Å². The van der Waals surface area contributed by atoms with Crippen molar-refractivity contribution in [2.75, 3.05) is 0 Å². The molecule has 0 aliphatic heterocycles. The van der Waals surface area contributed by atoms with E-state index >= 15 is 0 Å². The van der Waals surface area contributed by atoms with Gasteiger partial charge in [0, 0.05) is 6.08 Å². The molecule has 14 heavy (non-hydrogen) atoms. The molecule has 0 atom stereocenters. The highest BCUT2D eigenvalue weighted by molar-refractivity contribution is 5.82. The number of carbonyl (C=O) groups excluding carboxylic acids is 2. The number of esters is 1. The first-order chi connectivity index (χ1) is 6.56. The SMILES string of the molecule is C=CC(=O)OC(=C)/C=C\C(=C)C.C=O. The van der Waals surface area contributed by atoms with E-state index in [0.29, 0.717) is 0 Å². The van der Waals surface area contributed by atoms with E-state index in [2.05, 4.69) is 24.5 Å². The van der Waals surface area contributed by atoms with Crippen LogP contribution < -0.4 is 0 Å². The van der Waals surface area contributed by atoms with Gasteiger partial charge in [-0.3, -0.25) is 0 Å². The molecule has 0 N–H and O–H groups in total. The maximum absolute atomic E-state index is 10.6. The lowest BCUT2D eigenvalue weighted by atomic mass is 10.3. The van der Waals surface area contributed by atoms with E-state index in [0.717, 1.165) is 11.6 Å². The van der Waals surface area contributed by atoms with Crippen molar-refractivity contribution in [3.63, 3.8) is 0 Å². The van der Waals surface area contributed by atoms with Crippen LogP contribution in [0.3, 0.4) is 0 Å². The Hall–Kier alpha value is -1.90. The molecule has 0 spiro atoms. The zero-order valence-electron chi connectivity index (χ0n) is 8.29. The molecule has 0 amide bonds. The molecule has 0 aliphatic carbocycles. The van der Waals surface area contributed by atoms with Crippen LogP contribution in [0.2, 0.25) is 0 Å². The van der Waals surface area contributed by atoms with Crippen molar-refractivity contribution in [1.29, 1.82) is 0 Å². The van der Waals surface area contributed by atoms with Crippen LogP contribution in [0.25, 0.3) is 0 Å². The quantitative estimate of drug-likeness (QED) is 0.298. The fourth-order valence-corrected chi connectivity index (χ4v) is 0.440. The van der Waals surface area contributed by atoms with Crippen LogP contribution in [0.1, 0.15) is 6.92 Å². The third kappa shape index (κ3) is 10.1. The van der Waals surface area contributed by atoms with E-state index in [1.54, 1.807) is 12.2 Å². The van der Waals surface area contributed by atoms with Gasteiger partial charge in [0.05, 0.1) is 0 Å². The fraction of sp³-hybridized carbons (Fsp3) is 0.0909. The molecule has 0 aliphatic rings. The van der Waals surface area contributed by atoms with Gasteiger partial charge >= 0.3 is 5.97 Å². The standard InChI is InChI=1S/C10H12O2.CH2O/c1-5-10(11)12-9(4)7-6-8(2)3;1-2/h5-7H,1-2,4H2,3H3;1H2/b7-6-;. The van der Waals surface area contributed by atoms with Crippen molar-refractivity contribution >= 4 is 12.8 Å². The van der Waals surface area contributed by atoms with E-state index < -0.39 is 5.97 Å². The van der Waals surface area contributed by atoms with Gasteiger partial charge < -0.3 is 9.53 Å². The minimum absolute atomic E-state index is 0.280. The molecule has 0 fully saturated rings. The van der Waals surface area contributed by atoms with Gasteiger partial charge in [-0.2, -0.15) is 0 Å². The zero-order chi connectivity index (χ0) is 11.6. The zero-order valence-corrected chi connectivity index (χ0v) is 8.29. The van der Waals surface area contributed by atoms with Gasteiger partial charge in [0.25, 0.3) is 0 Å². The molecule has 0 radical (unpaired) electrons. The second-order valence-electron chi connectivity index (χ2n) is 2.27. The summed E-state index contributed by atoms with van der Waals surface area (Å²) >= 11 is 0. The van der Waals surface area contributed by atoms with Crippen LogP contribution in [-0.4, -0.2) is 12.8 Å². The number of hydrogen-bond donors (Lipinski definition) is 0. The van der Waals surface area contributed by atoms with Gasteiger partial charge in [0.1, 0.15) is 12.5 Å². The lowest BCUT2D eigenvalue weighted by Crippen LogP contribution is -1.96. The van der Waals surface area contributed by atoms with Crippen LogP contribution in [-0.2, 0) is 14.3 Å². The number of ether oxygens (including phenoxy) is 1. The van der Waals surface area contributed by atoms with Gasteiger partial charge in [0.2, 0.25) is 0 Å². The van der Waals surface area contributed by atoms with Crippen molar-refractivity contribution in [2.45, 2.75) is 6.92 Å². The highest BCUT2D eigenvalue weighted by Gasteiger charge is 1.95. The molecule has 0 heterocycles. The molecule has 0 bridgehead atoms. The largest absolute Gasteiger partial charge is 0.424 e. The number of rotatable bonds is 4. The lowest BCUT2D eigenvalue weighted by Gasteiger charge is -1.98. The van der Waals surface area contributed by atoms with Crippen LogP contribution in [0, 0.1) is 0 Å². The van der Waals surface area contributed by atoms with Crippen LogP contribution in [0.4, 0.5) is 0 Å². The Morgan fingerprint density at radius 2 is 1.71 bits per heavy atom. The average Bonchev–Trinajstić information content (AvgIpc) is 2.17. The van der Waals surface area contributed by atoms with Crippen molar-refractivity contribution in [1.82, 2.24) is 0 Å². The molecule has 0 unspecified atom stereocenters. The molecule has 0 aromatic rings. The van der Waals surface area contributed by atoms with E-state index in [9.17, 15) is 4.79 Å². The monoisotopic (exact) mass is 194 g/mol. The van der Waals surface area contributed by atoms with Gasteiger partial charge in [0.15, 0.2) is 0 Å². The summed E-state index contributed by atoms with van der Waals surface area (Å²) in [5, 5.41) is 0. The summed E-state index contributed by atoms with van der Waals surface area (Å²) in [6.07, 6.45) is 4.36. The predicted octanol–water partition coefficient (Wildman–Crippen LogP) is 2.18. The smallest absolute Gasteiger partial charge is 0.335 e. The third-order valence-electron chi connectivity index (χ3n) is 0.952. The highest BCUT2D eigenvalue weighted by atomic mass is 16.5. The summed E-state index contributed by atoms with van der Waals surface area (Å²) in [7, 11) is 0. The molecule has 0 rings (SSSR count). The molecule has 0 saturated heterocycles. The van der Waals surface area contributed by atoms with E-state index in [1.807, 2.05) is 13.7 Å². The van der Waals surface area contributed by atoms with E-state index in [1.165, 1.54) is 0 Å². The molecule has 76 valence electrons. The molecule has 0 aromatic carbocycles. The Balaban J connectivity index is 0. The number of hydrogen-bond acceptors (Lipinski definition) is 3. The molecular formula is C11H14O3. The van der Waals surface area contributed by atoms with E-state index in [-0.39, 0.29) is 5.76 Å². The Morgan fingerprint density at radius 1 is 1.21 bits per heavy atom. The van der Waals surface area contributed by atoms with Crippen molar-refractivity contribution in [3.05, 3.63) is 49.3 Å².